The summed E-state index contributed by atoms with van der Waals surface area (Å²) in [4.78, 5) is 24.9. The van der Waals surface area contributed by atoms with Gasteiger partial charge in [0.05, 0.1) is 24.4 Å². The van der Waals surface area contributed by atoms with Crippen molar-refractivity contribution in [3.05, 3.63) is 53.8 Å². The van der Waals surface area contributed by atoms with Gasteiger partial charge in [-0.3, -0.25) is 9.59 Å². The summed E-state index contributed by atoms with van der Waals surface area (Å²) in [5.74, 6) is -0.370. The summed E-state index contributed by atoms with van der Waals surface area (Å²) >= 11 is 6.57. The number of amides is 1. The van der Waals surface area contributed by atoms with Crippen LogP contribution in [0.1, 0.15) is 22.4 Å². The van der Waals surface area contributed by atoms with E-state index in [1.165, 1.54) is 31.1 Å². The number of nitrogens with one attached hydrogen (secondary N) is 1. The summed E-state index contributed by atoms with van der Waals surface area (Å²) in [6.45, 7) is 1.41. The van der Waals surface area contributed by atoms with Crippen LogP contribution in [0.2, 0.25) is 0 Å². The predicted molar refractivity (Wildman–Crippen MR) is 117 cm³/mol. The van der Waals surface area contributed by atoms with Crippen molar-refractivity contribution in [2.24, 2.45) is 5.10 Å². The first-order valence-electron chi connectivity index (χ1n) is 8.44. The lowest BCUT2D eigenvalue weighted by Gasteiger charge is -2.15. The molecule has 158 valence electrons. The molecule has 1 amide bonds. The monoisotopic (exact) mass is 540 g/mol. The Hall–Kier alpha value is -2.68. The number of rotatable bonds is 7. The number of ether oxygens (including phenoxy) is 2. The maximum Gasteiger partial charge on any atom is 0.269 e. The molecule has 9 nitrogen and oxygen atoms in total. The first-order chi connectivity index (χ1) is 14.2. The van der Waals surface area contributed by atoms with Gasteiger partial charge in [-0.15, -0.1) is 0 Å². The molecule has 0 aliphatic carbocycles. The number of pyridine rings is 1. The van der Waals surface area contributed by atoms with E-state index in [2.05, 4.69) is 42.4 Å². The van der Waals surface area contributed by atoms with Crippen molar-refractivity contribution in [3.8, 4) is 17.6 Å². The highest BCUT2D eigenvalue weighted by Crippen LogP contribution is 2.34. The minimum atomic E-state index is -0.586. The largest absolute Gasteiger partial charge is 0.503 e. The van der Waals surface area contributed by atoms with Gasteiger partial charge in [-0.1, -0.05) is 0 Å². The molecule has 2 rings (SSSR count). The molecular formula is C19H18Br2N4O5. The highest BCUT2D eigenvalue weighted by molar-refractivity contribution is 9.10. The molecule has 1 aromatic carbocycles. The third kappa shape index (κ3) is 5.08. The van der Waals surface area contributed by atoms with Crippen LogP contribution in [0.15, 0.2) is 31.0 Å². The van der Waals surface area contributed by atoms with Gasteiger partial charge in [0.2, 0.25) is 0 Å². The van der Waals surface area contributed by atoms with Gasteiger partial charge < -0.3 is 19.1 Å². The number of aromatic nitrogens is 1. The van der Waals surface area contributed by atoms with Crippen LogP contribution in [0.4, 0.5) is 0 Å². The van der Waals surface area contributed by atoms with Crippen LogP contribution in [-0.4, -0.2) is 36.0 Å². The van der Waals surface area contributed by atoms with Crippen molar-refractivity contribution in [2.45, 2.75) is 20.1 Å². The number of phenolic OH excluding ortho intramolecular Hbond substituents is 1. The zero-order valence-electron chi connectivity index (χ0n) is 16.3. The number of hydrogen-bond donors (Lipinski definition) is 2. The molecule has 0 atom stereocenters. The Kier molecular flexibility index (Phi) is 8.16. The van der Waals surface area contributed by atoms with E-state index in [0.717, 1.165) is 0 Å². The van der Waals surface area contributed by atoms with Crippen LogP contribution in [-0.2, 0) is 22.7 Å². The quantitative estimate of drug-likeness (QED) is 0.410. The molecule has 0 unspecified atom stereocenters. The van der Waals surface area contributed by atoms with Crippen molar-refractivity contribution in [1.29, 1.82) is 5.26 Å². The zero-order chi connectivity index (χ0) is 22.4. The molecule has 0 fully saturated rings. The Morgan fingerprint density at radius 3 is 2.70 bits per heavy atom. The summed E-state index contributed by atoms with van der Waals surface area (Å²) in [6, 6.07) is 5.00. The number of carbonyl (C=O) groups is 1. The minimum Gasteiger partial charge on any atom is -0.503 e. The molecule has 0 aliphatic heterocycles. The summed E-state index contributed by atoms with van der Waals surface area (Å²) in [7, 11) is 2.87. The number of methoxy groups -OCH3 is 2. The fourth-order valence-corrected chi connectivity index (χ4v) is 3.62. The maximum absolute atomic E-state index is 12.6. The summed E-state index contributed by atoms with van der Waals surface area (Å²) < 4.78 is 12.2. The van der Waals surface area contributed by atoms with E-state index in [9.17, 15) is 20.0 Å². The van der Waals surface area contributed by atoms with E-state index in [4.69, 9.17) is 9.47 Å². The van der Waals surface area contributed by atoms with Gasteiger partial charge in [-0.05, 0) is 56.5 Å². The molecule has 0 spiro atoms. The number of nitriles is 1. The van der Waals surface area contributed by atoms with Gasteiger partial charge in [0.15, 0.2) is 11.5 Å². The number of nitrogens with zero attached hydrogens (tertiary/aromatic N) is 3. The highest BCUT2D eigenvalue weighted by atomic mass is 79.9. The van der Waals surface area contributed by atoms with Crippen molar-refractivity contribution in [3.63, 3.8) is 0 Å². The molecule has 1 heterocycles. The average Bonchev–Trinajstić information content (AvgIpc) is 2.72. The number of aromatic hydroxyl groups is 1. The van der Waals surface area contributed by atoms with Crippen molar-refractivity contribution < 1.29 is 19.4 Å². The molecule has 2 aromatic rings. The van der Waals surface area contributed by atoms with Crippen LogP contribution in [0.25, 0.3) is 0 Å². The first-order valence-corrected chi connectivity index (χ1v) is 10.0. The van der Waals surface area contributed by atoms with E-state index in [0.29, 0.717) is 25.8 Å². The SMILES string of the molecule is COCc1c(Br)c(C)n(CC(=O)N/N=C/c2cc(Br)c(O)c(OC)c2)c(=O)c1C#N. The molecule has 0 aliphatic rings. The minimum absolute atomic E-state index is 0.0515. The lowest BCUT2D eigenvalue weighted by molar-refractivity contribution is -0.121. The summed E-state index contributed by atoms with van der Waals surface area (Å²) in [6.07, 6.45) is 1.36. The van der Waals surface area contributed by atoms with Crippen molar-refractivity contribution in [1.82, 2.24) is 9.99 Å². The summed E-state index contributed by atoms with van der Waals surface area (Å²) in [5.41, 5.74) is 3.13. The third-order valence-corrected chi connectivity index (χ3v) is 5.78. The fourth-order valence-electron chi connectivity index (χ4n) is 2.63. The lowest BCUT2D eigenvalue weighted by atomic mass is 10.1. The molecule has 0 bridgehead atoms. The predicted octanol–water partition coefficient (Wildman–Crippen LogP) is 2.56. The van der Waals surface area contributed by atoms with E-state index < -0.39 is 11.5 Å². The van der Waals surface area contributed by atoms with Crippen LogP contribution >= 0.6 is 31.9 Å². The molecular weight excluding hydrogens is 524 g/mol. The molecule has 30 heavy (non-hydrogen) atoms. The zero-order valence-corrected chi connectivity index (χ0v) is 19.5. The topological polar surface area (TPSA) is 126 Å². The van der Waals surface area contributed by atoms with E-state index in [-0.39, 0.29) is 30.2 Å². The lowest BCUT2D eigenvalue weighted by Crippen LogP contribution is -2.33. The van der Waals surface area contributed by atoms with Gasteiger partial charge >= 0.3 is 0 Å². The van der Waals surface area contributed by atoms with Crippen molar-refractivity contribution >= 4 is 44.0 Å². The Bertz CT molecular complexity index is 1110. The van der Waals surface area contributed by atoms with Gasteiger partial charge in [-0.2, -0.15) is 10.4 Å². The fraction of sp³-hybridized carbons (Fsp3) is 0.263. The molecule has 0 radical (unpaired) electrons. The molecule has 2 N–H and O–H groups in total. The van der Waals surface area contributed by atoms with Gasteiger partial charge in [0, 0.05) is 22.8 Å². The van der Waals surface area contributed by atoms with Gasteiger partial charge in [-0.25, -0.2) is 5.43 Å². The number of benzene rings is 1. The first kappa shape index (κ1) is 23.6. The van der Waals surface area contributed by atoms with E-state index in [1.807, 2.05) is 6.07 Å². The molecule has 0 saturated heterocycles. The highest BCUT2D eigenvalue weighted by Gasteiger charge is 2.19. The number of carbonyl (C=O) groups excluding carboxylic acids is 1. The number of phenols is 1. The summed E-state index contributed by atoms with van der Waals surface area (Å²) in [5, 5.41) is 23.0. The average molecular weight is 542 g/mol. The van der Waals surface area contributed by atoms with Crippen LogP contribution in [0.5, 0.6) is 11.5 Å². The van der Waals surface area contributed by atoms with E-state index in [1.54, 1.807) is 13.0 Å². The second kappa shape index (κ2) is 10.4. The second-order valence-corrected chi connectivity index (χ2v) is 7.68. The van der Waals surface area contributed by atoms with Crippen LogP contribution < -0.4 is 15.7 Å². The smallest absolute Gasteiger partial charge is 0.269 e. The Labute approximate surface area is 189 Å². The molecule has 0 saturated carbocycles. The molecule has 1 aromatic heterocycles. The van der Waals surface area contributed by atoms with Gasteiger partial charge in [0.25, 0.3) is 11.5 Å². The van der Waals surface area contributed by atoms with Crippen LogP contribution in [0, 0.1) is 18.3 Å². The second-order valence-electron chi connectivity index (χ2n) is 6.04. The normalized spacial score (nSPS) is 10.8. The van der Waals surface area contributed by atoms with Gasteiger partial charge in [0.1, 0.15) is 18.2 Å². The number of hydrogen-bond acceptors (Lipinski definition) is 7. The third-order valence-electron chi connectivity index (χ3n) is 4.12. The Morgan fingerprint density at radius 1 is 1.40 bits per heavy atom. The van der Waals surface area contributed by atoms with Crippen molar-refractivity contribution in [2.75, 3.05) is 14.2 Å². The number of hydrazone groups is 1. The van der Waals surface area contributed by atoms with E-state index >= 15 is 0 Å². The Balaban J connectivity index is 2.22. The number of halogens is 2. The molecule has 11 heteroatoms. The Morgan fingerprint density at radius 2 is 2.10 bits per heavy atom. The standard InChI is InChI=1S/C19H18Br2N4O5/c1-10-17(21)13(9-29-2)12(6-22)19(28)25(10)8-16(26)24-23-7-11-4-14(20)18(27)15(5-11)30-3/h4-5,7,27H,8-9H2,1-3H3,(H,24,26)/b23-7+. The maximum atomic E-state index is 12.6. The van der Waals surface area contributed by atoms with Crippen LogP contribution in [0.3, 0.4) is 0 Å².